The zero-order valence-electron chi connectivity index (χ0n) is 21.5. The molecule has 1 saturated carbocycles. The van der Waals surface area contributed by atoms with Crippen LogP contribution in [0.2, 0.25) is 0 Å². The second kappa shape index (κ2) is 9.73. The van der Waals surface area contributed by atoms with Gasteiger partial charge in [0.15, 0.2) is 11.6 Å². The van der Waals surface area contributed by atoms with Crippen molar-refractivity contribution in [3.63, 3.8) is 0 Å². The fraction of sp³-hybridized carbons (Fsp3) is 0.176. The molecule has 0 unspecified atom stereocenters. The van der Waals surface area contributed by atoms with Crippen LogP contribution in [0.1, 0.15) is 58.9 Å². The topological polar surface area (TPSA) is 47.3 Å². The molecule has 0 N–H and O–H groups in total. The molecule has 1 aliphatic carbocycles. The van der Waals surface area contributed by atoms with E-state index in [1.807, 2.05) is 18.2 Å². The third kappa shape index (κ3) is 4.59. The third-order valence-electron chi connectivity index (χ3n) is 7.73. The van der Waals surface area contributed by atoms with Gasteiger partial charge in [0.2, 0.25) is 0 Å². The van der Waals surface area contributed by atoms with Crippen LogP contribution in [-0.4, -0.2) is 11.6 Å². The molecule has 0 atom stereocenters. The van der Waals surface area contributed by atoms with Crippen molar-refractivity contribution in [2.45, 2.75) is 38.0 Å². The van der Waals surface area contributed by atoms with Crippen molar-refractivity contribution in [3.05, 3.63) is 119 Å². The second-order valence-corrected chi connectivity index (χ2v) is 10.2. The first-order valence-corrected chi connectivity index (χ1v) is 13.1. The van der Waals surface area contributed by atoms with Gasteiger partial charge in [-0.2, -0.15) is 0 Å². The SMILES string of the molecule is CCC(=O)c1c(-c2ccc(F)cc2)oc2ccc(-c3cc(C(=O)CC4(c5ccccc5)CC4)ccc3F)cc12. The van der Waals surface area contributed by atoms with Gasteiger partial charge in [-0.05, 0) is 78.6 Å². The lowest BCUT2D eigenvalue weighted by molar-refractivity contribution is 0.0967. The Morgan fingerprint density at radius 3 is 2.23 bits per heavy atom. The number of ketones is 2. The summed E-state index contributed by atoms with van der Waals surface area (Å²) in [6.07, 6.45) is 2.53. The van der Waals surface area contributed by atoms with E-state index in [2.05, 4.69) is 12.1 Å². The van der Waals surface area contributed by atoms with Gasteiger partial charge in [-0.1, -0.05) is 43.3 Å². The van der Waals surface area contributed by atoms with Gasteiger partial charge in [0.25, 0.3) is 0 Å². The summed E-state index contributed by atoms with van der Waals surface area (Å²) < 4.78 is 34.7. The van der Waals surface area contributed by atoms with E-state index >= 15 is 4.39 Å². The fourth-order valence-corrected chi connectivity index (χ4v) is 5.36. The van der Waals surface area contributed by atoms with Crippen LogP contribution in [0.25, 0.3) is 33.4 Å². The predicted octanol–water partition coefficient (Wildman–Crippen LogP) is 8.94. The molecule has 0 amide bonds. The Morgan fingerprint density at radius 2 is 1.54 bits per heavy atom. The Morgan fingerprint density at radius 1 is 0.821 bits per heavy atom. The Balaban J connectivity index is 1.39. The Labute approximate surface area is 225 Å². The van der Waals surface area contributed by atoms with Gasteiger partial charge in [-0.15, -0.1) is 0 Å². The van der Waals surface area contributed by atoms with Crippen molar-refractivity contribution in [1.29, 1.82) is 0 Å². The minimum Gasteiger partial charge on any atom is -0.455 e. The zero-order valence-corrected chi connectivity index (χ0v) is 21.5. The van der Waals surface area contributed by atoms with Gasteiger partial charge in [-0.3, -0.25) is 9.59 Å². The molecule has 194 valence electrons. The van der Waals surface area contributed by atoms with Crippen molar-refractivity contribution in [2.75, 3.05) is 0 Å². The van der Waals surface area contributed by atoms with Crippen LogP contribution in [0.4, 0.5) is 8.78 Å². The molecule has 4 aromatic carbocycles. The first kappa shape index (κ1) is 24.9. The summed E-state index contributed by atoms with van der Waals surface area (Å²) in [5.74, 6) is -0.649. The highest BCUT2D eigenvalue weighted by molar-refractivity contribution is 6.12. The molecule has 1 fully saturated rings. The number of Topliss-reactive ketones (excluding diaryl/α,β-unsaturated/α-hetero) is 2. The number of furan rings is 1. The number of hydrogen-bond acceptors (Lipinski definition) is 3. The Bertz CT molecular complexity index is 1710. The van der Waals surface area contributed by atoms with Gasteiger partial charge >= 0.3 is 0 Å². The van der Waals surface area contributed by atoms with E-state index in [1.54, 1.807) is 43.3 Å². The van der Waals surface area contributed by atoms with Gasteiger partial charge < -0.3 is 4.42 Å². The highest BCUT2D eigenvalue weighted by Crippen LogP contribution is 2.51. The number of hydrogen-bond donors (Lipinski definition) is 0. The molecule has 1 aliphatic rings. The number of carbonyl (C=O) groups excluding carboxylic acids is 2. The van der Waals surface area contributed by atoms with E-state index in [4.69, 9.17) is 4.42 Å². The van der Waals surface area contributed by atoms with E-state index in [0.29, 0.717) is 45.4 Å². The molecule has 39 heavy (non-hydrogen) atoms. The third-order valence-corrected chi connectivity index (χ3v) is 7.73. The maximum absolute atomic E-state index is 15.1. The van der Waals surface area contributed by atoms with Gasteiger partial charge in [0.05, 0.1) is 5.56 Å². The lowest BCUT2D eigenvalue weighted by Gasteiger charge is -2.15. The number of rotatable bonds is 8. The van der Waals surface area contributed by atoms with Crippen molar-refractivity contribution in [1.82, 2.24) is 0 Å². The molecule has 0 aliphatic heterocycles. The molecule has 0 saturated heterocycles. The lowest BCUT2D eigenvalue weighted by Crippen LogP contribution is -2.14. The maximum Gasteiger partial charge on any atom is 0.167 e. The smallest absolute Gasteiger partial charge is 0.167 e. The average Bonchev–Trinajstić information content (AvgIpc) is 3.65. The predicted molar refractivity (Wildman–Crippen MR) is 148 cm³/mol. The monoisotopic (exact) mass is 520 g/mol. The fourth-order valence-electron chi connectivity index (χ4n) is 5.36. The van der Waals surface area contributed by atoms with E-state index in [0.717, 1.165) is 18.4 Å². The van der Waals surface area contributed by atoms with Crippen molar-refractivity contribution >= 4 is 22.5 Å². The van der Waals surface area contributed by atoms with Crippen LogP contribution in [0, 0.1) is 11.6 Å². The van der Waals surface area contributed by atoms with Crippen molar-refractivity contribution in [3.8, 4) is 22.5 Å². The molecule has 5 heteroatoms. The van der Waals surface area contributed by atoms with E-state index in [1.165, 1.54) is 24.3 Å². The van der Waals surface area contributed by atoms with Crippen LogP contribution < -0.4 is 0 Å². The molecule has 0 bridgehead atoms. The largest absolute Gasteiger partial charge is 0.455 e. The molecule has 6 rings (SSSR count). The van der Waals surface area contributed by atoms with Gasteiger partial charge in [0, 0.05) is 40.3 Å². The van der Waals surface area contributed by atoms with Crippen LogP contribution >= 0.6 is 0 Å². The summed E-state index contributed by atoms with van der Waals surface area (Å²) in [7, 11) is 0. The van der Waals surface area contributed by atoms with Crippen LogP contribution in [0.15, 0.2) is 95.4 Å². The average molecular weight is 521 g/mol. The van der Waals surface area contributed by atoms with Crippen LogP contribution in [0.5, 0.6) is 0 Å². The van der Waals surface area contributed by atoms with E-state index < -0.39 is 5.82 Å². The summed E-state index contributed by atoms with van der Waals surface area (Å²) in [6, 6.07) is 25.4. The summed E-state index contributed by atoms with van der Waals surface area (Å²) >= 11 is 0. The maximum atomic E-state index is 15.1. The molecule has 1 aromatic heterocycles. The molecule has 1 heterocycles. The molecule has 0 radical (unpaired) electrons. The zero-order chi connectivity index (χ0) is 27.1. The number of carbonyl (C=O) groups is 2. The van der Waals surface area contributed by atoms with Crippen LogP contribution in [-0.2, 0) is 5.41 Å². The number of benzene rings is 4. The molecule has 3 nitrogen and oxygen atoms in total. The normalized spacial score (nSPS) is 13.9. The molecular formula is C34H26F2O3. The van der Waals surface area contributed by atoms with Crippen molar-refractivity contribution in [2.24, 2.45) is 0 Å². The highest BCUT2D eigenvalue weighted by Gasteiger charge is 2.45. The van der Waals surface area contributed by atoms with E-state index in [9.17, 15) is 14.0 Å². The first-order chi connectivity index (χ1) is 18.9. The minimum atomic E-state index is -0.458. The second-order valence-electron chi connectivity index (χ2n) is 10.2. The standard InChI is InChI=1S/C34H26F2O3/c1-2-29(37)32-27-18-22(11-15-31(27)39-33(32)21-8-12-25(35)13-9-21)26-19-23(10-14-28(26)36)30(38)20-34(16-17-34)24-6-4-3-5-7-24/h3-15,18-19H,2,16-17,20H2,1H3. The van der Waals surface area contributed by atoms with E-state index in [-0.39, 0.29) is 34.8 Å². The minimum absolute atomic E-state index is 0.0255. The summed E-state index contributed by atoms with van der Waals surface area (Å²) in [5.41, 5.74) is 3.73. The molecular weight excluding hydrogens is 494 g/mol. The Kier molecular flexibility index (Phi) is 6.22. The Hall–Kier alpha value is -4.38. The number of halogens is 2. The van der Waals surface area contributed by atoms with Gasteiger partial charge in [-0.25, -0.2) is 8.78 Å². The van der Waals surface area contributed by atoms with Crippen LogP contribution in [0.3, 0.4) is 0 Å². The summed E-state index contributed by atoms with van der Waals surface area (Å²) in [5, 5.41) is 0.552. The first-order valence-electron chi connectivity index (χ1n) is 13.1. The number of fused-ring (bicyclic) bond motifs is 1. The molecule has 0 spiro atoms. The summed E-state index contributed by atoms with van der Waals surface area (Å²) in [4.78, 5) is 26.3. The highest BCUT2D eigenvalue weighted by atomic mass is 19.1. The quantitative estimate of drug-likeness (QED) is 0.192. The lowest BCUT2D eigenvalue weighted by atomic mass is 9.88. The molecule has 5 aromatic rings. The van der Waals surface area contributed by atoms with Crippen molar-refractivity contribution < 1.29 is 22.8 Å². The summed E-state index contributed by atoms with van der Waals surface area (Å²) in [6.45, 7) is 1.76. The van der Waals surface area contributed by atoms with Gasteiger partial charge in [0.1, 0.15) is 23.0 Å².